The number of aliphatic hydroxyl groups is 1. The molecule has 1 saturated heterocycles. The van der Waals surface area contributed by atoms with E-state index < -0.39 is 10.8 Å². The Morgan fingerprint density at radius 2 is 1.81 bits per heavy atom. The van der Waals surface area contributed by atoms with Crippen LogP contribution in [0, 0.1) is 10.5 Å². The van der Waals surface area contributed by atoms with Gasteiger partial charge in [0.15, 0.2) is 0 Å². The molecule has 2 fully saturated rings. The molecular formula is C29H29IN2O3S. The normalized spacial score (nSPS) is 21.6. The van der Waals surface area contributed by atoms with Gasteiger partial charge >= 0.3 is 0 Å². The number of benzene rings is 3. The second-order valence-corrected chi connectivity index (χ2v) is 12.2. The van der Waals surface area contributed by atoms with E-state index >= 15 is 0 Å². The Morgan fingerprint density at radius 1 is 1.08 bits per heavy atom. The van der Waals surface area contributed by atoms with Crippen molar-refractivity contribution in [1.82, 2.24) is 10.2 Å². The van der Waals surface area contributed by atoms with Crippen molar-refractivity contribution in [2.45, 2.75) is 61.1 Å². The molecule has 2 amide bonds. The summed E-state index contributed by atoms with van der Waals surface area (Å²) in [6.45, 7) is 2.41. The predicted molar refractivity (Wildman–Crippen MR) is 150 cm³/mol. The van der Waals surface area contributed by atoms with E-state index in [1.807, 2.05) is 84.6 Å². The van der Waals surface area contributed by atoms with Gasteiger partial charge in [-0.1, -0.05) is 60.2 Å². The summed E-state index contributed by atoms with van der Waals surface area (Å²) in [6, 6.07) is 23.6. The third-order valence-corrected chi connectivity index (χ3v) is 9.20. The Bertz CT molecular complexity index is 1260. The first-order valence-corrected chi connectivity index (χ1v) is 14.1. The number of likely N-dealkylation sites (tertiary alicyclic amines) is 1. The van der Waals surface area contributed by atoms with Gasteiger partial charge in [-0.2, -0.15) is 0 Å². The molecule has 0 bridgehead atoms. The molecule has 0 aromatic heterocycles. The molecule has 2 aliphatic rings. The maximum Gasteiger partial charge on any atom is 0.239 e. The molecule has 0 radical (unpaired) electrons. The van der Waals surface area contributed by atoms with E-state index in [1.165, 1.54) is 11.8 Å². The lowest BCUT2D eigenvalue weighted by Crippen LogP contribution is -2.49. The molecule has 186 valence electrons. The van der Waals surface area contributed by atoms with Crippen molar-refractivity contribution < 1.29 is 14.7 Å². The fourth-order valence-electron chi connectivity index (χ4n) is 4.78. The van der Waals surface area contributed by atoms with Gasteiger partial charge in [-0.25, -0.2) is 0 Å². The molecule has 0 spiro atoms. The van der Waals surface area contributed by atoms with E-state index in [9.17, 15) is 14.7 Å². The second kappa shape index (κ2) is 10.6. The number of halogens is 1. The van der Waals surface area contributed by atoms with Gasteiger partial charge in [0.1, 0.15) is 4.75 Å². The number of thioether (sulfide) groups is 1. The summed E-state index contributed by atoms with van der Waals surface area (Å²) in [6.07, 6.45) is 2.08. The van der Waals surface area contributed by atoms with Crippen LogP contribution in [0.1, 0.15) is 47.6 Å². The largest absolute Gasteiger partial charge is 0.392 e. The Labute approximate surface area is 229 Å². The molecule has 7 heteroatoms. The fraction of sp³-hybridized carbons (Fsp3) is 0.310. The van der Waals surface area contributed by atoms with Gasteiger partial charge in [-0.05, 0) is 77.2 Å². The molecular weight excluding hydrogens is 583 g/mol. The number of carbonyl (C=O) groups excluding carboxylic acids is 2. The van der Waals surface area contributed by atoms with Crippen LogP contribution >= 0.6 is 34.4 Å². The molecule has 3 aromatic rings. The molecule has 5 rings (SSSR count). The van der Waals surface area contributed by atoms with Crippen LogP contribution in [0.15, 0.2) is 77.7 Å². The van der Waals surface area contributed by atoms with E-state index in [0.717, 1.165) is 43.6 Å². The number of hydrogen-bond donors (Lipinski definition) is 2. The lowest BCUT2D eigenvalue weighted by atomic mass is 9.90. The van der Waals surface area contributed by atoms with Crippen molar-refractivity contribution >= 4 is 46.2 Å². The number of aryl methyl sites for hydroxylation is 1. The minimum absolute atomic E-state index is 0.0311. The number of rotatable bonds is 8. The lowest BCUT2D eigenvalue weighted by Gasteiger charge is -2.37. The van der Waals surface area contributed by atoms with Crippen LogP contribution in [0.4, 0.5) is 0 Å². The first-order chi connectivity index (χ1) is 17.4. The van der Waals surface area contributed by atoms with Gasteiger partial charge in [0, 0.05) is 21.1 Å². The summed E-state index contributed by atoms with van der Waals surface area (Å²) in [7, 11) is 0. The Hall–Kier alpha value is -2.36. The first kappa shape index (κ1) is 25.3. The van der Waals surface area contributed by atoms with E-state index in [4.69, 9.17) is 0 Å². The van der Waals surface area contributed by atoms with Crippen LogP contribution < -0.4 is 5.32 Å². The highest BCUT2D eigenvalue weighted by Gasteiger charge is 2.59. The van der Waals surface area contributed by atoms with Crippen molar-refractivity contribution in [3.63, 3.8) is 0 Å². The number of amides is 2. The van der Waals surface area contributed by atoms with Crippen molar-refractivity contribution in [3.8, 4) is 0 Å². The van der Waals surface area contributed by atoms with Gasteiger partial charge in [0.25, 0.3) is 0 Å². The number of aliphatic hydroxyl groups excluding tert-OH is 1. The number of hydrogen-bond acceptors (Lipinski definition) is 4. The van der Waals surface area contributed by atoms with Crippen molar-refractivity contribution in [2.24, 2.45) is 0 Å². The van der Waals surface area contributed by atoms with Crippen molar-refractivity contribution in [2.75, 3.05) is 0 Å². The van der Waals surface area contributed by atoms with Gasteiger partial charge in [0.2, 0.25) is 11.8 Å². The molecule has 1 aliphatic carbocycles. The summed E-state index contributed by atoms with van der Waals surface area (Å²) >= 11 is 3.77. The SMILES string of the molecule is Cc1ccc(S[C@]2(C(=O)NC3CC3)CC(=O)N(Cc3ccccc3)[C@@H]2c2ccc(CO)cc2I)cc1. The van der Waals surface area contributed by atoms with Crippen molar-refractivity contribution in [3.05, 3.63) is 98.6 Å². The summed E-state index contributed by atoms with van der Waals surface area (Å²) in [5.74, 6) is -0.108. The smallest absolute Gasteiger partial charge is 0.239 e. The van der Waals surface area contributed by atoms with Gasteiger partial charge in [-0.15, -0.1) is 11.8 Å². The lowest BCUT2D eigenvalue weighted by molar-refractivity contribution is -0.129. The zero-order valence-electron chi connectivity index (χ0n) is 20.1. The summed E-state index contributed by atoms with van der Waals surface area (Å²) in [5.41, 5.74) is 3.91. The Balaban J connectivity index is 1.64. The quantitative estimate of drug-likeness (QED) is 0.336. The highest BCUT2D eigenvalue weighted by Crippen LogP contribution is 2.54. The van der Waals surface area contributed by atoms with Gasteiger partial charge < -0.3 is 15.3 Å². The molecule has 1 heterocycles. The fourth-order valence-corrected chi connectivity index (χ4v) is 7.06. The summed E-state index contributed by atoms with van der Waals surface area (Å²) < 4.78 is -0.0882. The molecule has 5 nitrogen and oxygen atoms in total. The molecule has 36 heavy (non-hydrogen) atoms. The van der Waals surface area contributed by atoms with Crippen LogP contribution in [0.5, 0.6) is 0 Å². The minimum Gasteiger partial charge on any atom is -0.392 e. The number of carbonyl (C=O) groups is 2. The van der Waals surface area contributed by atoms with Gasteiger partial charge in [-0.3, -0.25) is 9.59 Å². The predicted octanol–water partition coefficient (Wildman–Crippen LogP) is 5.38. The van der Waals surface area contributed by atoms with Crippen LogP contribution in [-0.2, 0) is 22.7 Å². The van der Waals surface area contributed by atoms with Crippen LogP contribution in [0.3, 0.4) is 0 Å². The van der Waals surface area contributed by atoms with Crippen LogP contribution in [0.25, 0.3) is 0 Å². The van der Waals surface area contributed by atoms with E-state index in [2.05, 4.69) is 27.9 Å². The summed E-state index contributed by atoms with van der Waals surface area (Å²) in [4.78, 5) is 30.7. The van der Waals surface area contributed by atoms with Crippen LogP contribution in [-0.4, -0.2) is 32.6 Å². The minimum atomic E-state index is -1.02. The summed E-state index contributed by atoms with van der Waals surface area (Å²) in [5, 5.41) is 12.9. The number of nitrogens with one attached hydrogen (secondary N) is 1. The maximum absolute atomic E-state index is 14.1. The molecule has 3 aromatic carbocycles. The monoisotopic (exact) mass is 612 g/mol. The van der Waals surface area contributed by atoms with Crippen molar-refractivity contribution in [1.29, 1.82) is 0 Å². The van der Waals surface area contributed by atoms with E-state index in [1.54, 1.807) is 0 Å². The Kier molecular flexibility index (Phi) is 7.42. The average molecular weight is 613 g/mol. The topological polar surface area (TPSA) is 69.6 Å². The molecule has 1 aliphatic heterocycles. The number of nitrogens with zero attached hydrogens (tertiary/aromatic N) is 1. The van der Waals surface area contributed by atoms with E-state index in [-0.39, 0.29) is 30.9 Å². The third-order valence-electron chi connectivity index (χ3n) is 6.84. The van der Waals surface area contributed by atoms with E-state index in [0.29, 0.717) is 6.54 Å². The van der Waals surface area contributed by atoms with Gasteiger partial charge in [0.05, 0.1) is 19.1 Å². The zero-order valence-corrected chi connectivity index (χ0v) is 23.1. The second-order valence-electron chi connectivity index (χ2n) is 9.65. The zero-order chi connectivity index (χ0) is 25.3. The molecule has 0 unspecified atom stereocenters. The molecule has 2 N–H and O–H groups in total. The Morgan fingerprint density at radius 3 is 2.44 bits per heavy atom. The highest BCUT2D eigenvalue weighted by molar-refractivity contribution is 14.1. The first-order valence-electron chi connectivity index (χ1n) is 12.2. The third kappa shape index (κ3) is 5.19. The maximum atomic E-state index is 14.1. The van der Waals surface area contributed by atoms with Crippen LogP contribution in [0.2, 0.25) is 0 Å². The molecule has 1 saturated carbocycles. The standard InChI is InChI=1S/C29H29IN2O3S/c1-19-7-12-23(13-8-19)36-29(28(35)31-22-10-11-22)16-26(34)32(17-20-5-3-2-4-6-20)27(29)24-14-9-21(18-33)15-25(24)30/h2-9,12-15,22,27,33H,10-11,16-18H2,1H3,(H,31,35)/t27-,29-/m1/s1. The molecule has 2 atom stereocenters. The highest BCUT2D eigenvalue weighted by atomic mass is 127. The average Bonchev–Trinajstić information content (AvgIpc) is 3.65.